The summed E-state index contributed by atoms with van der Waals surface area (Å²) >= 11 is 0. The van der Waals surface area contributed by atoms with Gasteiger partial charge in [0.2, 0.25) is 0 Å². The fraction of sp³-hybridized carbons (Fsp3) is 0.364. The van der Waals surface area contributed by atoms with Gasteiger partial charge >= 0.3 is 0 Å². The number of rotatable bonds is 6. The van der Waals surface area contributed by atoms with Gasteiger partial charge in [-0.15, -0.1) is 0 Å². The minimum atomic E-state index is -0.271. The van der Waals surface area contributed by atoms with Crippen molar-refractivity contribution in [1.29, 1.82) is 0 Å². The maximum atomic E-state index is 11.9. The van der Waals surface area contributed by atoms with Crippen molar-refractivity contribution in [1.82, 2.24) is 5.43 Å². The highest BCUT2D eigenvalue weighted by Crippen LogP contribution is 2.32. The monoisotopic (exact) mass is 350 g/mol. The fourth-order valence-corrected chi connectivity index (χ4v) is 3.34. The van der Waals surface area contributed by atoms with Gasteiger partial charge < -0.3 is 4.74 Å². The van der Waals surface area contributed by atoms with Gasteiger partial charge in [0.15, 0.2) is 6.61 Å². The Balaban J connectivity index is 1.51. The van der Waals surface area contributed by atoms with Crippen molar-refractivity contribution in [3.63, 3.8) is 0 Å². The Morgan fingerprint density at radius 2 is 1.73 bits per heavy atom. The molecule has 2 aromatic rings. The van der Waals surface area contributed by atoms with Crippen LogP contribution in [0.1, 0.15) is 56.1 Å². The number of para-hydroxylation sites is 1. The van der Waals surface area contributed by atoms with E-state index in [2.05, 4.69) is 34.8 Å². The standard InChI is InChI=1S/C22H26N2O2/c1-17(23-24-22(25)16-26-21-10-6-3-7-11-21)18-12-14-20(15-13-18)19-8-4-2-5-9-19/h3,6-7,10-15,19H,2,4-5,8-9,16H2,1H3,(H,24,25)/b23-17+. The van der Waals surface area contributed by atoms with Crippen molar-refractivity contribution in [2.75, 3.05) is 6.61 Å². The Labute approximate surface area is 155 Å². The number of benzene rings is 2. The third kappa shape index (κ3) is 5.19. The largest absolute Gasteiger partial charge is 0.484 e. The molecule has 0 spiro atoms. The second kappa shape index (κ2) is 9.18. The molecule has 0 bridgehead atoms. The van der Waals surface area contributed by atoms with E-state index >= 15 is 0 Å². The summed E-state index contributed by atoms with van der Waals surface area (Å²) in [6, 6.07) is 17.9. The number of amides is 1. The van der Waals surface area contributed by atoms with Gasteiger partial charge in [0, 0.05) is 0 Å². The molecule has 26 heavy (non-hydrogen) atoms. The molecule has 0 atom stereocenters. The van der Waals surface area contributed by atoms with Gasteiger partial charge in [0.25, 0.3) is 5.91 Å². The van der Waals surface area contributed by atoms with Crippen LogP contribution in [0.3, 0.4) is 0 Å². The highest BCUT2D eigenvalue weighted by molar-refractivity contribution is 5.99. The predicted octanol–water partition coefficient (Wildman–Crippen LogP) is 4.65. The summed E-state index contributed by atoms with van der Waals surface area (Å²) in [7, 11) is 0. The lowest BCUT2D eigenvalue weighted by molar-refractivity contribution is -0.123. The SMILES string of the molecule is C/C(=N\NC(=O)COc1ccccc1)c1ccc(C2CCCCC2)cc1. The Kier molecular flexibility index (Phi) is 6.42. The normalized spacial score (nSPS) is 15.5. The van der Waals surface area contributed by atoms with E-state index in [4.69, 9.17) is 4.74 Å². The molecule has 0 heterocycles. The maximum absolute atomic E-state index is 11.9. The molecule has 3 rings (SSSR count). The molecule has 0 aliphatic heterocycles. The number of nitrogens with one attached hydrogen (secondary N) is 1. The molecule has 1 aliphatic rings. The van der Waals surface area contributed by atoms with Crippen LogP contribution in [-0.2, 0) is 4.79 Å². The molecule has 136 valence electrons. The Bertz CT molecular complexity index is 732. The number of carbonyl (C=O) groups is 1. The summed E-state index contributed by atoms with van der Waals surface area (Å²) in [4.78, 5) is 11.9. The molecule has 2 aromatic carbocycles. The van der Waals surface area contributed by atoms with Crippen LogP contribution >= 0.6 is 0 Å². The lowest BCUT2D eigenvalue weighted by Crippen LogP contribution is -2.25. The fourth-order valence-electron chi connectivity index (χ4n) is 3.34. The van der Waals surface area contributed by atoms with E-state index in [1.807, 2.05) is 37.3 Å². The van der Waals surface area contributed by atoms with Crippen molar-refractivity contribution < 1.29 is 9.53 Å². The van der Waals surface area contributed by atoms with Crippen LogP contribution in [0.15, 0.2) is 59.7 Å². The molecular formula is C22H26N2O2. The number of hydrogen-bond acceptors (Lipinski definition) is 3. The zero-order valence-electron chi connectivity index (χ0n) is 15.3. The first-order valence-corrected chi connectivity index (χ1v) is 9.33. The van der Waals surface area contributed by atoms with E-state index < -0.39 is 0 Å². The third-order valence-electron chi connectivity index (χ3n) is 4.87. The van der Waals surface area contributed by atoms with Crippen LogP contribution in [0, 0.1) is 0 Å². The molecule has 0 saturated heterocycles. The van der Waals surface area contributed by atoms with Gasteiger partial charge in [-0.1, -0.05) is 61.7 Å². The number of hydrogen-bond donors (Lipinski definition) is 1. The summed E-state index contributed by atoms with van der Waals surface area (Å²) in [5.74, 6) is 1.10. The molecule has 1 N–H and O–H groups in total. The molecular weight excluding hydrogens is 324 g/mol. The number of carbonyl (C=O) groups excluding carboxylic acids is 1. The smallest absolute Gasteiger partial charge is 0.277 e. The number of nitrogens with zero attached hydrogens (tertiary/aromatic N) is 1. The highest BCUT2D eigenvalue weighted by atomic mass is 16.5. The van der Waals surface area contributed by atoms with Crippen LogP contribution in [0.2, 0.25) is 0 Å². The molecule has 1 aliphatic carbocycles. The predicted molar refractivity (Wildman–Crippen MR) is 105 cm³/mol. The highest BCUT2D eigenvalue weighted by Gasteiger charge is 2.15. The second-order valence-electron chi connectivity index (χ2n) is 6.79. The zero-order valence-corrected chi connectivity index (χ0v) is 15.3. The third-order valence-corrected chi connectivity index (χ3v) is 4.87. The van der Waals surface area contributed by atoms with Crippen molar-refractivity contribution in [2.24, 2.45) is 5.10 Å². The summed E-state index contributed by atoms with van der Waals surface area (Å²) in [6.07, 6.45) is 6.63. The van der Waals surface area contributed by atoms with E-state index in [1.54, 1.807) is 0 Å². The second-order valence-corrected chi connectivity index (χ2v) is 6.79. The quantitative estimate of drug-likeness (QED) is 0.609. The van der Waals surface area contributed by atoms with Gasteiger partial charge in [-0.2, -0.15) is 5.10 Å². The topological polar surface area (TPSA) is 50.7 Å². The summed E-state index contributed by atoms with van der Waals surface area (Å²) in [6.45, 7) is 1.84. The maximum Gasteiger partial charge on any atom is 0.277 e. The first kappa shape index (κ1) is 18.2. The lowest BCUT2D eigenvalue weighted by atomic mass is 9.84. The minimum absolute atomic E-state index is 0.0542. The Morgan fingerprint density at radius 3 is 2.42 bits per heavy atom. The zero-order chi connectivity index (χ0) is 18.2. The van der Waals surface area contributed by atoms with Crippen LogP contribution < -0.4 is 10.2 Å². The Morgan fingerprint density at radius 1 is 1.04 bits per heavy atom. The minimum Gasteiger partial charge on any atom is -0.484 e. The number of hydrazone groups is 1. The molecule has 4 heteroatoms. The Hall–Kier alpha value is -2.62. The van der Waals surface area contributed by atoms with Gasteiger partial charge in [-0.3, -0.25) is 4.79 Å². The van der Waals surface area contributed by atoms with Crippen molar-refractivity contribution in [2.45, 2.75) is 44.9 Å². The van der Waals surface area contributed by atoms with Gasteiger partial charge in [0.05, 0.1) is 5.71 Å². The average Bonchev–Trinajstić information content (AvgIpc) is 2.72. The molecule has 0 aromatic heterocycles. The van der Waals surface area contributed by atoms with Gasteiger partial charge in [-0.25, -0.2) is 5.43 Å². The molecule has 1 fully saturated rings. The van der Waals surface area contributed by atoms with E-state index in [0.717, 1.165) is 11.3 Å². The van der Waals surface area contributed by atoms with E-state index in [9.17, 15) is 4.79 Å². The van der Waals surface area contributed by atoms with Gasteiger partial charge in [-0.05, 0) is 48.9 Å². The molecule has 0 radical (unpaired) electrons. The van der Waals surface area contributed by atoms with Crippen molar-refractivity contribution in [3.05, 3.63) is 65.7 Å². The van der Waals surface area contributed by atoms with Crippen LogP contribution in [0.25, 0.3) is 0 Å². The molecule has 0 unspecified atom stereocenters. The summed E-state index contributed by atoms with van der Waals surface area (Å²) < 4.78 is 5.41. The van der Waals surface area contributed by atoms with Gasteiger partial charge in [0.1, 0.15) is 5.75 Å². The molecule has 4 nitrogen and oxygen atoms in total. The van der Waals surface area contributed by atoms with Crippen molar-refractivity contribution >= 4 is 11.6 Å². The molecule has 1 amide bonds. The first-order valence-electron chi connectivity index (χ1n) is 9.33. The van der Waals surface area contributed by atoms with E-state index in [-0.39, 0.29) is 12.5 Å². The lowest BCUT2D eigenvalue weighted by Gasteiger charge is -2.22. The van der Waals surface area contributed by atoms with Crippen LogP contribution in [0.5, 0.6) is 5.75 Å². The summed E-state index contributed by atoms with van der Waals surface area (Å²) in [5.41, 5.74) is 5.78. The van der Waals surface area contributed by atoms with Crippen molar-refractivity contribution in [3.8, 4) is 5.75 Å². The van der Waals surface area contributed by atoms with E-state index in [0.29, 0.717) is 11.7 Å². The van der Waals surface area contributed by atoms with Crippen LogP contribution in [-0.4, -0.2) is 18.2 Å². The average molecular weight is 350 g/mol. The first-order chi connectivity index (χ1) is 12.7. The summed E-state index contributed by atoms with van der Waals surface area (Å²) in [5, 5.41) is 4.19. The molecule has 1 saturated carbocycles. The number of ether oxygens (including phenoxy) is 1. The van der Waals surface area contributed by atoms with E-state index in [1.165, 1.54) is 37.7 Å². The van der Waals surface area contributed by atoms with Crippen LogP contribution in [0.4, 0.5) is 0 Å².